The van der Waals surface area contributed by atoms with Crippen molar-refractivity contribution in [2.24, 2.45) is 0 Å². The molecule has 1 saturated heterocycles. The molecule has 1 aliphatic rings. The normalized spacial score (nSPS) is 19.3. The summed E-state index contributed by atoms with van der Waals surface area (Å²) in [7, 11) is 0. The Morgan fingerprint density at radius 2 is 1.38 bits per heavy atom. The van der Waals surface area contributed by atoms with Gasteiger partial charge in [0, 0.05) is 36.8 Å². The van der Waals surface area contributed by atoms with Crippen molar-refractivity contribution in [3.63, 3.8) is 0 Å². The lowest BCUT2D eigenvalue weighted by Crippen LogP contribution is -2.56. The molecule has 8 heteroatoms. The molecule has 2 unspecified atom stereocenters. The van der Waals surface area contributed by atoms with Crippen molar-refractivity contribution in [1.29, 1.82) is 0 Å². The van der Waals surface area contributed by atoms with E-state index in [1.807, 2.05) is 58.3 Å². The number of amides is 2. The van der Waals surface area contributed by atoms with Gasteiger partial charge in [0.15, 0.2) is 0 Å². The number of carbonyl (C=O) groups is 2. The second-order valence-corrected chi connectivity index (χ2v) is 8.08. The lowest BCUT2D eigenvalue weighted by Gasteiger charge is -2.41. The van der Waals surface area contributed by atoms with Gasteiger partial charge in [0.1, 0.15) is 11.5 Å². The van der Waals surface area contributed by atoms with Crippen LogP contribution in [0.5, 0.6) is 0 Å². The fourth-order valence-electron chi connectivity index (χ4n) is 4.47. The highest BCUT2D eigenvalue weighted by Gasteiger charge is 2.36. The molecule has 3 atom stereocenters. The van der Waals surface area contributed by atoms with Crippen LogP contribution in [0.25, 0.3) is 0 Å². The fourth-order valence-corrected chi connectivity index (χ4v) is 4.47. The fraction of sp³-hybridized carbons (Fsp3) is 0.619. The van der Waals surface area contributed by atoms with Gasteiger partial charge in [0.25, 0.3) is 0 Å². The minimum atomic E-state index is -0.327. The largest absolute Gasteiger partial charge is 0.361 e. The Morgan fingerprint density at radius 1 is 0.897 bits per heavy atom. The molecule has 158 valence electrons. The van der Waals surface area contributed by atoms with Crippen LogP contribution in [0.4, 0.5) is 0 Å². The zero-order chi connectivity index (χ0) is 21.5. The monoisotopic (exact) mass is 402 g/mol. The number of piperazine rings is 1. The molecule has 0 spiro atoms. The van der Waals surface area contributed by atoms with Crippen LogP contribution in [0.1, 0.15) is 66.6 Å². The van der Waals surface area contributed by atoms with Gasteiger partial charge in [-0.1, -0.05) is 10.3 Å². The molecule has 0 radical (unpaired) electrons. The molecule has 0 N–H and O–H groups in total. The van der Waals surface area contributed by atoms with Crippen molar-refractivity contribution >= 4 is 11.8 Å². The van der Waals surface area contributed by atoms with Crippen LogP contribution >= 0.6 is 0 Å². The summed E-state index contributed by atoms with van der Waals surface area (Å²) in [6.07, 6.45) is 0. The van der Waals surface area contributed by atoms with Crippen LogP contribution in [-0.4, -0.2) is 57.6 Å². The van der Waals surface area contributed by atoms with Crippen molar-refractivity contribution in [3.8, 4) is 0 Å². The van der Waals surface area contributed by atoms with Gasteiger partial charge in [-0.15, -0.1) is 0 Å². The molecular weight excluding hydrogens is 372 g/mol. The van der Waals surface area contributed by atoms with E-state index in [2.05, 4.69) is 10.3 Å². The number of hydrogen-bond donors (Lipinski definition) is 0. The number of aromatic nitrogens is 2. The van der Waals surface area contributed by atoms with Crippen molar-refractivity contribution in [2.45, 2.75) is 66.3 Å². The third kappa shape index (κ3) is 3.80. The summed E-state index contributed by atoms with van der Waals surface area (Å²) >= 11 is 0. The van der Waals surface area contributed by atoms with E-state index in [0.717, 1.165) is 22.5 Å². The zero-order valence-corrected chi connectivity index (χ0v) is 18.3. The maximum Gasteiger partial charge on any atom is 0.230 e. The average molecular weight is 402 g/mol. The van der Waals surface area contributed by atoms with Crippen molar-refractivity contribution in [1.82, 2.24) is 20.1 Å². The SMILES string of the molecule is Cc1noc(C)c1C(C)C(=O)N1CCN(C(=O)C(C)c2c(C)noc2C)[C@@H](C)C1. The van der Waals surface area contributed by atoms with Crippen LogP contribution in [-0.2, 0) is 9.59 Å². The van der Waals surface area contributed by atoms with E-state index in [0.29, 0.717) is 31.2 Å². The van der Waals surface area contributed by atoms with Crippen LogP contribution in [0.15, 0.2) is 9.05 Å². The molecule has 2 amide bonds. The summed E-state index contributed by atoms with van der Waals surface area (Å²) in [5, 5.41) is 7.93. The molecule has 0 aliphatic carbocycles. The van der Waals surface area contributed by atoms with Gasteiger partial charge in [-0.2, -0.15) is 0 Å². The number of hydrogen-bond acceptors (Lipinski definition) is 6. The highest BCUT2D eigenvalue weighted by atomic mass is 16.5. The molecule has 1 aliphatic heterocycles. The van der Waals surface area contributed by atoms with Crippen LogP contribution in [0.3, 0.4) is 0 Å². The number of aryl methyl sites for hydroxylation is 4. The summed E-state index contributed by atoms with van der Waals surface area (Å²) in [6, 6.07) is -0.0695. The lowest BCUT2D eigenvalue weighted by atomic mass is 9.95. The van der Waals surface area contributed by atoms with E-state index in [1.54, 1.807) is 0 Å². The first-order valence-corrected chi connectivity index (χ1v) is 10.1. The van der Waals surface area contributed by atoms with E-state index in [-0.39, 0.29) is 29.7 Å². The van der Waals surface area contributed by atoms with Gasteiger partial charge in [-0.3, -0.25) is 9.59 Å². The Balaban J connectivity index is 1.69. The van der Waals surface area contributed by atoms with Crippen molar-refractivity contribution < 1.29 is 18.6 Å². The first-order chi connectivity index (χ1) is 13.6. The highest BCUT2D eigenvalue weighted by Crippen LogP contribution is 2.28. The first kappa shape index (κ1) is 21.1. The molecule has 29 heavy (non-hydrogen) atoms. The topological polar surface area (TPSA) is 92.7 Å². The summed E-state index contributed by atoms with van der Waals surface area (Å²) in [6.45, 7) is 14.6. The smallest absolute Gasteiger partial charge is 0.230 e. The molecule has 8 nitrogen and oxygen atoms in total. The van der Waals surface area contributed by atoms with Crippen LogP contribution in [0, 0.1) is 27.7 Å². The lowest BCUT2D eigenvalue weighted by molar-refractivity contribution is -0.143. The summed E-state index contributed by atoms with van der Waals surface area (Å²) < 4.78 is 10.4. The van der Waals surface area contributed by atoms with Gasteiger partial charge in [-0.05, 0) is 48.5 Å². The molecule has 0 bridgehead atoms. The van der Waals surface area contributed by atoms with Crippen LogP contribution in [0.2, 0.25) is 0 Å². The van der Waals surface area contributed by atoms with E-state index in [4.69, 9.17) is 9.05 Å². The Morgan fingerprint density at radius 3 is 1.79 bits per heavy atom. The molecule has 0 saturated carbocycles. The minimum Gasteiger partial charge on any atom is -0.361 e. The van der Waals surface area contributed by atoms with Gasteiger partial charge in [0.2, 0.25) is 11.8 Å². The number of rotatable bonds is 4. The average Bonchev–Trinajstić information content (AvgIpc) is 3.20. The van der Waals surface area contributed by atoms with Gasteiger partial charge in [0.05, 0.1) is 23.2 Å². The summed E-state index contributed by atoms with van der Waals surface area (Å²) in [5.74, 6) is 0.788. The Bertz CT molecular complexity index is 877. The number of carbonyl (C=O) groups excluding carboxylic acids is 2. The quantitative estimate of drug-likeness (QED) is 0.781. The molecular formula is C21H30N4O4. The van der Waals surface area contributed by atoms with Gasteiger partial charge < -0.3 is 18.8 Å². The highest BCUT2D eigenvalue weighted by molar-refractivity contribution is 5.86. The standard InChI is InChI=1S/C21H30N4O4/c1-11-10-24(20(26)12(2)18-14(4)22-28-16(18)6)8-9-25(11)21(27)13(3)19-15(5)23-29-17(19)7/h11-13H,8-10H2,1-7H3/t11-,12?,13?/m0/s1. The Kier molecular flexibility index (Phi) is 5.82. The molecule has 0 aromatic carbocycles. The molecule has 1 fully saturated rings. The van der Waals surface area contributed by atoms with E-state index >= 15 is 0 Å². The van der Waals surface area contributed by atoms with Crippen molar-refractivity contribution in [3.05, 3.63) is 34.0 Å². The Labute approximate surface area is 171 Å². The predicted molar refractivity (Wildman–Crippen MR) is 107 cm³/mol. The second kappa shape index (κ2) is 8.00. The van der Waals surface area contributed by atoms with E-state index < -0.39 is 0 Å². The maximum atomic E-state index is 13.1. The predicted octanol–water partition coefficient (Wildman–Crippen LogP) is 2.86. The molecule has 2 aromatic rings. The summed E-state index contributed by atoms with van der Waals surface area (Å²) in [5.41, 5.74) is 3.21. The van der Waals surface area contributed by atoms with Crippen LogP contribution < -0.4 is 0 Å². The zero-order valence-electron chi connectivity index (χ0n) is 18.3. The molecule has 3 rings (SSSR count). The van der Waals surface area contributed by atoms with Gasteiger partial charge >= 0.3 is 0 Å². The second-order valence-electron chi connectivity index (χ2n) is 8.08. The van der Waals surface area contributed by atoms with Crippen molar-refractivity contribution in [2.75, 3.05) is 19.6 Å². The number of nitrogens with zero attached hydrogens (tertiary/aromatic N) is 4. The molecule has 3 heterocycles. The van der Waals surface area contributed by atoms with E-state index in [1.165, 1.54) is 0 Å². The minimum absolute atomic E-state index is 0.0390. The maximum absolute atomic E-state index is 13.1. The van der Waals surface area contributed by atoms with Gasteiger partial charge in [-0.25, -0.2) is 0 Å². The van der Waals surface area contributed by atoms with E-state index in [9.17, 15) is 9.59 Å². The molecule has 2 aromatic heterocycles. The third-order valence-electron chi connectivity index (χ3n) is 6.01. The Hall–Kier alpha value is -2.64. The third-order valence-corrected chi connectivity index (χ3v) is 6.01. The first-order valence-electron chi connectivity index (χ1n) is 10.1. The summed E-state index contributed by atoms with van der Waals surface area (Å²) in [4.78, 5) is 29.9.